The average molecular weight is 1140 g/mol. The monoisotopic (exact) mass is 1140 g/mol. The minimum absolute atomic E-state index is 0.0425. The molecule has 4 aliphatic rings. The van der Waals surface area contributed by atoms with E-state index in [1.165, 1.54) is 12.1 Å². The van der Waals surface area contributed by atoms with Crippen LogP contribution in [0.15, 0.2) is 155 Å². The fourth-order valence-electron chi connectivity index (χ4n) is 9.53. The summed E-state index contributed by atoms with van der Waals surface area (Å²) in [5, 5.41) is 0.890. The summed E-state index contributed by atoms with van der Waals surface area (Å²) in [6.07, 6.45) is 4.63. The first kappa shape index (κ1) is 57.0. The van der Waals surface area contributed by atoms with Crippen LogP contribution >= 0.6 is 23.5 Å². The van der Waals surface area contributed by atoms with Gasteiger partial charge < -0.3 is 42.6 Å². The number of rotatable bonds is 20. The Morgan fingerprint density at radius 1 is 0.469 bits per heavy atom. The Morgan fingerprint density at radius 3 is 1.28 bits per heavy atom. The van der Waals surface area contributed by atoms with E-state index in [4.69, 9.17) is 42.6 Å². The van der Waals surface area contributed by atoms with Crippen LogP contribution < -0.4 is 28.4 Å². The molecule has 9 rings (SSSR count). The Balaban J connectivity index is 0.857. The standard InChI is InChI=1S/C61H52O18S2/c1-4-47(62)72-32-42(75-49(64)6-3)31-71-38-23-27-40(28-24-38)76-57(67)34-15-19-36(20-16-34)59(69)78-53-45-13-9-10-14-46(45)54(56-55(53)80-61(81-56)50-51(65)43-11-7-8-12-44(43)52(50)66)79-60(70)37-21-17-35(18-22-37)58(68)77-41-29-25-39(26-30-41)73-33-74-48(63)5-2/h4-14,23-30,34-37,42H,1-3,15-22,31-33H2. The van der Waals surface area contributed by atoms with Gasteiger partial charge in [0.25, 0.3) is 0 Å². The molecule has 2 fully saturated rings. The SMILES string of the molecule is C=CC(=O)OCOc1ccc(OC(=O)C2CCC(C(=O)Oc3c4c(c(OC(=O)C5CCC(C(=O)Oc6ccc(OCC(COC(=O)C=C)OC(=O)C=C)cc6)CC5)c5ccccc35)SC(=C3C(=O)c5ccccc5C3=O)S4)CC2)cc1. The summed E-state index contributed by atoms with van der Waals surface area (Å²) >= 11 is 2.18. The number of fused-ring (bicyclic) bond motifs is 3. The molecule has 0 aromatic heterocycles. The highest BCUT2D eigenvalue weighted by molar-refractivity contribution is 8.25. The maximum Gasteiger partial charge on any atom is 0.333 e. The number of esters is 7. The van der Waals surface area contributed by atoms with E-state index in [0.717, 1.165) is 41.8 Å². The maximum atomic E-state index is 14.3. The normalized spacial score (nSPS) is 18.5. The molecule has 1 unspecified atom stereocenters. The van der Waals surface area contributed by atoms with Crippen LogP contribution in [0.2, 0.25) is 0 Å². The van der Waals surface area contributed by atoms with Crippen molar-refractivity contribution in [3.8, 4) is 34.5 Å². The van der Waals surface area contributed by atoms with Crippen molar-refractivity contribution in [2.75, 3.05) is 20.0 Å². The lowest BCUT2D eigenvalue weighted by Crippen LogP contribution is -2.31. The van der Waals surface area contributed by atoms with Crippen LogP contribution in [0.5, 0.6) is 34.5 Å². The minimum Gasteiger partial charge on any atom is -0.490 e. The lowest BCUT2D eigenvalue weighted by atomic mass is 9.82. The van der Waals surface area contributed by atoms with Gasteiger partial charge in [-0.3, -0.25) is 28.8 Å². The summed E-state index contributed by atoms with van der Waals surface area (Å²) in [5.41, 5.74) is 0.493. The third kappa shape index (κ3) is 13.5. The van der Waals surface area contributed by atoms with Crippen molar-refractivity contribution < 1.29 is 85.8 Å². The van der Waals surface area contributed by atoms with Crippen molar-refractivity contribution in [1.82, 2.24) is 0 Å². The second-order valence-corrected chi connectivity index (χ2v) is 21.3. The van der Waals surface area contributed by atoms with E-state index in [-0.39, 0.29) is 59.7 Å². The number of Topliss-reactive ketones (excluding diaryl/α,β-unsaturated/α-hetero) is 2. The highest BCUT2D eigenvalue weighted by Crippen LogP contribution is 2.62. The topological polar surface area (TPSA) is 237 Å². The zero-order valence-electron chi connectivity index (χ0n) is 43.4. The summed E-state index contributed by atoms with van der Waals surface area (Å²) in [7, 11) is 0. The molecular formula is C61H52O18S2. The molecule has 18 nitrogen and oxygen atoms in total. The zero-order chi connectivity index (χ0) is 57.2. The van der Waals surface area contributed by atoms with Crippen LogP contribution in [0.25, 0.3) is 10.8 Å². The molecule has 0 bridgehead atoms. The van der Waals surface area contributed by atoms with Crippen molar-refractivity contribution in [1.29, 1.82) is 0 Å². The first-order valence-corrected chi connectivity index (χ1v) is 27.5. The Bertz CT molecular complexity index is 3350. The summed E-state index contributed by atoms with van der Waals surface area (Å²) in [5.74, 6) is -5.57. The molecule has 2 saturated carbocycles. The van der Waals surface area contributed by atoms with Crippen LogP contribution in [-0.4, -0.2) is 79.5 Å². The molecule has 1 atom stereocenters. The second-order valence-electron chi connectivity index (χ2n) is 19.0. The number of hydrogen-bond donors (Lipinski definition) is 0. The van der Waals surface area contributed by atoms with Gasteiger partial charge in [0, 0.05) is 40.1 Å². The fourth-order valence-corrected chi connectivity index (χ4v) is 12.3. The van der Waals surface area contributed by atoms with Crippen LogP contribution in [0.3, 0.4) is 0 Å². The van der Waals surface area contributed by atoms with Gasteiger partial charge in [-0.25, -0.2) is 14.4 Å². The highest BCUT2D eigenvalue weighted by atomic mass is 32.2. The van der Waals surface area contributed by atoms with Crippen molar-refractivity contribution in [3.63, 3.8) is 0 Å². The molecule has 81 heavy (non-hydrogen) atoms. The summed E-state index contributed by atoms with van der Waals surface area (Å²) in [4.78, 5) is 118. The summed E-state index contributed by atoms with van der Waals surface area (Å²) in [6.45, 7) is 9.27. The summed E-state index contributed by atoms with van der Waals surface area (Å²) < 4.78 is 50.5. The first-order chi connectivity index (χ1) is 39.2. The Hall–Kier alpha value is -8.75. The Morgan fingerprint density at radius 2 is 0.852 bits per heavy atom. The van der Waals surface area contributed by atoms with Gasteiger partial charge in [0.05, 0.1) is 43.3 Å². The van der Waals surface area contributed by atoms with Crippen LogP contribution in [-0.2, 0) is 47.8 Å². The highest BCUT2D eigenvalue weighted by Gasteiger charge is 2.42. The zero-order valence-corrected chi connectivity index (χ0v) is 45.1. The van der Waals surface area contributed by atoms with Gasteiger partial charge in [0.2, 0.25) is 6.79 Å². The first-order valence-electron chi connectivity index (χ1n) is 25.8. The van der Waals surface area contributed by atoms with Crippen LogP contribution in [0.1, 0.15) is 72.1 Å². The lowest BCUT2D eigenvalue weighted by Gasteiger charge is -2.27. The number of ether oxygens (including phenoxy) is 9. The molecule has 0 N–H and O–H groups in total. The van der Waals surface area contributed by atoms with E-state index >= 15 is 0 Å². The van der Waals surface area contributed by atoms with Gasteiger partial charge in [-0.05, 0) is 99.9 Å². The van der Waals surface area contributed by atoms with Crippen LogP contribution in [0, 0.1) is 23.7 Å². The smallest absolute Gasteiger partial charge is 0.333 e. The minimum atomic E-state index is -0.942. The average Bonchev–Trinajstić information content (AvgIpc) is 3.58. The Labute approximate surface area is 472 Å². The molecule has 0 spiro atoms. The molecule has 0 amide bonds. The van der Waals surface area contributed by atoms with E-state index < -0.39 is 83.1 Å². The van der Waals surface area contributed by atoms with Gasteiger partial charge in [-0.1, -0.05) is 91.8 Å². The van der Waals surface area contributed by atoms with Gasteiger partial charge in [-0.2, -0.15) is 0 Å². The van der Waals surface area contributed by atoms with Gasteiger partial charge in [-0.15, -0.1) is 0 Å². The Kier molecular flexibility index (Phi) is 18.3. The van der Waals surface area contributed by atoms with Crippen molar-refractivity contribution in [2.24, 2.45) is 23.7 Å². The van der Waals surface area contributed by atoms with E-state index in [2.05, 4.69) is 19.7 Å². The largest absolute Gasteiger partial charge is 0.490 e. The number of allylic oxidation sites excluding steroid dienone is 1. The number of hydrogen-bond acceptors (Lipinski definition) is 20. The number of carbonyl (C=O) groups excluding carboxylic acids is 9. The van der Waals surface area contributed by atoms with Crippen LogP contribution in [0.4, 0.5) is 0 Å². The third-order valence-corrected chi connectivity index (χ3v) is 16.4. The predicted octanol–water partition coefficient (Wildman–Crippen LogP) is 10.2. The number of benzene rings is 5. The van der Waals surface area contributed by atoms with Crippen molar-refractivity contribution in [2.45, 2.75) is 67.3 Å². The van der Waals surface area contributed by atoms with Crippen molar-refractivity contribution >= 4 is 87.6 Å². The lowest BCUT2D eigenvalue weighted by molar-refractivity contribution is -0.154. The number of carbonyl (C=O) groups is 9. The molecule has 0 saturated heterocycles. The number of ketones is 2. The molecule has 20 heteroatoms. The second kappa shape index (κ2) is 26.0. The van der Waals surface area contributed by atoms with E-state index in [1.807, 2.05) is 0 Å². The van der Waals surface area contributed by atoms with Gasteiger partial charge >= 0.3 is 41.8 Å². The van der Waals surface area contributed by atoms with Gasteiger partial charge in [0.15, 0.2) is 29.2 Å². The third-order valence-electron chi connectivity index (χ3n) is 13.8. The molecule has 5 aromatic carbocycles. The van der Waals surface area contributed by atoms with Gasteiger partial charge in [0.1, 0.15) is 36.2 Å². The maximum absolute atomic E-state index is 14.3. The molecule has 0 radical (unpaired) electrons. The van der Waals surface area contributed by atoms with E-state index in [0.29, 0.717) is 87.7 Å². The summed E-state index contributed by atoms with van der Waals surface area (Å²) in [6, 6.07) is 25.9. The number of thioether (sulfide) groups is 2. The van der Waals surface area contributed by atoms with E-state index in [1.54, 1.807) is 84.9 Å². The molecule has 5 aromatic rings. The molecular weight excluding hydrogens is 1080 g/mol. The van der Waals surface area contributed by atoms with Crippen molar-refractivity contribution in [3.05, 3.63) is 156 Å². The molecule has 416 valence electrons. The fraction of sp³-hybridized carbons (Fsp3) is 0.262. The van der Waals surface area contributed by atoms with E-state index in [9.17, 15) is 43.2 Å². The predicted molar refractivity (Wildman–Crippen MR) is 293 cm³/mol. The molecule has 1 heterocycles. The quantitative estimate of drug-likeness (QED) is 0.0176. The molecule has 3 aliphatic carbocycles. The molecule has 1 aliphatic heterocycles.